The Labute approximate surface area is 61.0 Å². The molecule has 0 aromatic rings. The van der Waals surface area contributed by atoms with Crippen molar-refractivity contribution in [3.63, 3.8) is 0 Å². The predicted molar refractivity (Wildman–Crippen MR) is 37.8 cm³/mol. The van der Waals surface area contributed by atoms with Crippen molar-refractivity contribution < 1.29 is 9.13 Å². The quantitative estimate of drug-likeness (QED) is 0.569. The third kappa shape index (κ3) is 1.47. The third-order valence-corrected chi connectivity index (χ3v) is 2.08. The van der Waals surface area contributed by atoms with Crippen molar-refractivity contribution in [3.8, 4) is 0 Å². The summed E-state index contributed by atoms with van der Waals surface area (Å²) in [5, 5.41) is 0. The van der Waals surface area contributed by atoms with Gasteiger partial charge in [-0.3, -0.25) is 4.90 Å². The van der Waals surface area contributed by atoms with Gasteiger partial charge in [-0.2, -0.15) is 0 Å². The second kappa shape index (κ2) is 3.30. The number of alkyl halides is 1. The first-order valence-electron chi connectivity index (χ1n) is 3.59. The standard InChI is InChI=1S/C7H14FNO/c1-9-4-3-6(8)7(9)5-10-2/h6-7H,3-5H2,1-2H3/t6-,7-/m0/s1. The van der Waals surface area contributed by atoms with Crippen LogP contribution in [0, 0.1) is 0 Å². The van der Waals surface area contributed by atoms with Gasteiger partial charge in [-0.25, -0.2) is 4.39 Å². The molecule has 1 saturated heterocycles. The highest BCUT2D eigenvalue weighted by molar-refractivity contribution is 4.84. The molecule has 3 heteroatoms. The molecule has 1 fully saturated rings. The van der Waals surface area contributed by atoms with Crippen molar-refractivity contribution in [2.45, 2.75) is 18.6 Å². The number of nitrogens with zero attached hydrogens (tertiary/aromatic N) is 1. The largest absolute Gasteiger partial charge is 0.383 e. The van der Waals surface area contributed by atoms with Crippen LogP contribution in [0.4, 0.5) is 4.39 Å². The molecule has 0 bridgehead atoms. The lowest BCUT2D eigenvalue weighted by atomic mass is 10.2. The second-order valence-corrected chi connectivity index (χ2v) is 2.81. The van der Waals surface area contributed by atoms with E-state index >= 15 is 0 Å². The van der Waals surface area contributed by atoms with Crippen molar-refractivity contribution in [2.24, 2.45) is 0 Å². The number of hydrogen-bond acceptors (Lipinski definition) is 2. The Hall–Kier alpha value is -0.150. The van der Waals surface area contributed by atoms with E-state index in [0.29, 0.717) is 13.0 Å². The van der Waals surface area contributed by atoms with Crippen LogP contribution in [0.2, 0.25) is 0 Å². The molecule has 0 aromatic carbocycles. The first-order chi connectivity index (χ1) is 4.75. The van der Waals surface area contributed by atoms with Crippen molar-refractivity contribution in [3.05, 3.63) is 0 Å². The number of rotatable bonds is 2. The molecule has 0 radical (unpaired) electrons. The molecule has 10 heavy (non-hydrogen) atoms. The van der Waals surface area contributed by atoms with Gasteiger partial charge in [0, 0.05) is 13.7 Å². The molecule has 0 spiro atoms. The molecule has 0 unspecified atom stereocenters. The molecule has 0 amide bonds. The van der Waals surface area contributed by atoms with Crippen LogP contribution >= 0.6 is 0 Å². The highest BCUT2D eigenvalue weighted by Crippen LogP contribution is 2.18. The van der Waals surface area contributed by atoms with Crippen molar-refractivity contribution in [2.75, 3.05) is 27.3 Å². The van der Waals surface area contributed by atoms with E-state index in [1.165, 1.54) is 0 Å². The summed E-state index contributed by atoms with van der Waals surface area (Å²) in [6.45, 7) is 1.37. The minimum Gasteiger partial charge on any atom is -0.383 e. The molecular formula is C7H14FNO. The Morgan fingerprint density at radius 2 is 2.40 bits per heavy atom. The van der Waals surface area contributed by atoms with Gasteiger partial charge in [0.1, 0.15) is 6.17 Å². The lowest BCUT2D eigenvalue weighted by molar-refractivity contribution is 0.0972. The molecule has 0 saturated carbocycles. The number of halogens is 1. The van der Waals surface area contributed by atoms with Crippen LogP contribution in [0.25, 0.3) is 0 Å². The number of likely N-dealkylation sites (tertiary alicyclic amines) is 1. The topological polar surface area (TPSA) is 12.5 Å². The Morgan fingerprint density at radius 3 is 2.80 bits per heavy atom. The molecule has 1 aliphatic heterocycles. The average molecular weight is 147 g/mol. The first-order valence-corrected chi connectivity index (χ1v) is 3.59. The summed E-state index contributed by atoms with van der Waals surface area (Å²) in [5.41, 5.74) is 0. The summed E-state index contributed by atoms with van der Waals surface area (Å²) in [5.74, 6) is 0. The molecule has 1 rings (SSSR count). The maximum atomic E-state index is 12.9. The number of likely N-dealkylation sites (N-methyl/N-ethyl adjacent to an activating group) is 1. The van der Waals surface area contributed by atoms with Crippen LogP contribution in [0.15, 0.2) is 0 Å². The summed E-state index contributed by atoms with van der Waals surface area (Å²) >= 11 is 0. The van der Waals surface area contributed by atoms with Crippen molar-refractivity contribution >= 4 is 0 Å². The van der Waals surface area contributed by atoms with Crippen molar-refractivity contribution in [1.29, 1.82) is 0 Å². The fourth-order valence-corrected chi connectivity index (χ4v) is 1.36. The number of hydrogen-bond donors (Lipinski definition) is 0. The highest BCUT2D eigenvalue weighted by Gasteiger charge is 2.31. The number of ether oxygens (including phenoxy) is 1. The van der Waals surface area contributed by atoms with E-state index in [1.807, 2.05) is 11.9 Å². The van der Waals surface area contributed by atoms with Crippen LogP contribution in [0.3, 0.4) is 0 Å². The van der Waals surface area contributed by atoms with Gasteiger partial charge in [-0.05, 0) is 13.5 Å². The van der Waals surface area contributed by atoms with E-state index < -0.39 is 6.17 Å². The maximum Gasteiger partial charge on any atom is 0.119 e. The molecule has 60 valence electrons. The fraction of sp³-hybridized carbons (Fsp3) is 1.00. The molecule has 0 aliphatic carbocycles. The summed E-state index contributed by atoms with van der Waals surface area (Å²) in [6.07, 6.45) is -0.0326. The molecule has 0 N–H and O–H groups in total. The fourth-order valence-electron chi connectivity index (χ4n) is 1.36. The Balaban J connectivity index is 2.38. The van der Waals surface area contributed by atoms with Crippen LogP contribution in [-0.2, 0) is 4.74 Å². The molecular weight excluding hydrogens is 133 g/mol. The van der Waals surface area contributed by atoms with Gasteiger partial charge in [0.05, 0.1) is 12.6 Å². The zero-order chi connectivity index (χ0) is 7.56. The Morgan fingerprint density at radius 1 is 1.70 bits per heavy atom. The van der Waals surface area contributed by atoms with Gasteiger partial charge in [-0.15, -0.1) is 0 Å². The van der Waals surface area contributed by atoms with E-state index in [1.54, 1.807) is 7.11 Å². The minimum absolute atomic E-state index is 0.00926. The molecule has 0 aromatic heterocycles. The monoisotopic (exact) mass is 147 g/mol. The van der Waals surface area contributed by atoms with Crippen LogP contribution < -0.4 is 0 Å². The van der Waals surface area contributed by atoms with Gasteiger partial charge in [-0.1, -0.05) is 0 Å². The van der Waals surface area contributed by atoms with Gasteiger partial charge in [0.15, 0.2) is 0 Å². The number of methoxy groups -OCH3 is 1. The Kier molecular flexibility index (Phi) is 2.63. The average Bonchev–Trinajstić information content (AvgIpc) is 2.20. The van der Waals surface area contributed by atoms with Gasteiger partial charge < -0.3 is 4.74 Å². The third-order valence-electron chi connectivity index (χ3n) is 2.08. The lowest BCUT2D eigenvalue weighted by Crippen LogP contribution is -2.34. The zero-order valence-electron chi connectivity index (χ0n) is 6.51. The zero-order valence-corrected chi connectivity index (χ0v) is 6.51. The minimum atomic E-state index is -0.690. The molecule has 2 atom stereocenters. The van der Waals surface area contributed by atoms with Gasteiger partial charge in [0.2, 0.25) is 0 Å². The van der Waals surface area contributed by atoms with E-state index in [9.17, 15) is 4.39 Å². The highest BCUT2D eigenvalue weighted by atomic mass is 19.1. The van der Waals surface area contributed by atoms with E-state index in [-0.39, 0.29) is 6.04 Å². The van der Waals surface area contributed by atoms with E-state index in [2.05, 4.69) is 0 Å². The van der Waals surface area contributed by atoms with Crippen LogP contribution in [-0.4, -0.2) is 44.4 Å². The van der Waals surface area contributed by atoms with Gasteiger partial charge in [0.25, 0.3) is 0 Å². The Bertz CT molecular complexity index is 99.8. The van der Waals surface area contributed by atoms with E-state index in [4.69, 9.17) is 4.74 Å². The summed E-state index contributed by atoms with van der Waals surface area (Å²) in [6, 6.07) is -0.00926. The summed E-state index contributed by atoms with van der Waals surface area (Å²) in [7, 11) is 3.54. The van der Waals surface area contributed by atoms with Gasteiger partial charge >= 0.3 is 0 Å². The maximum absolute atomic E-state index is 12.9. The molecule has 1 heterocycles. The SMILES string of the molecule is COC[C@H]1[C@@H](F)CCN1C. The van der Waals surface area contributed by atoms with Crippen molar-refractivity contribution in [1.82, 2.24) is 4.90 Å². The predicted octanol–water partition coefficient (Wildman–Crippen LogP) is 0.675. The summed E-state index contributed by atoms with van der Waals surface area (Å²) < 4.78 is 17.8. The lowest BCUT2D eigenvalue weighted by Gasteiger charge is -2.19. The smallest absolute Gasteiger partial charge is 0.119 e. The molecule has 1 aliphatic rings. The molecule has 2 nitrogen and oxygen atoms in total. The van der Waals surface area contributed by atoms with E-state index in [0.717, 1.165) is 6.54 Å². The van der Waals surface area contributed by atoms with Crippen LogP contribution in [0.1, 0.15) is 6.42 Å². The normalized spacial score (nSPS) is 35.1. The van der Waals surface area contributed by atoms with Crippen LogP contribution in [0.5, 0.6) is 0 Å². The summed E-state index contributed by atoms with van der Waals surface area (Å²) in [4.78, 5) is 2.01. The first kappa shape index (κ1) is 7.95. The second-order valence-electron chi connectivity index (χ2n) is 2.81.